The van der Waals surface area contributed by atoms with Crippen molar-refractivity contribution in [3.8, 4) is 0 Å². The van der Waals surface area contributed by atoms with Gasteiger partial charge in [0.2, 0.25) is 0 Å². The molecule has 1 fully saturated rings. The van der Waals surface area contributed by atoms with Crippen molar-refractivity contribution in [1.82, 2.24) is 4.90 Å². The molecule has 2 N–H and O–H groups in total. The monoisotopic (exact) mass is 258 g/mol. The molecule has 0 aromatic rings. The van der Waals surface area contributed by atoms with Gasteiger partial charge < -0.3 is 15.2 Å². The Morgan fingerprint density at radius 1 is 1.67 bits per heavy atom. The van der Waals surface area contributed by atoms with Crippen LogP contribution < -0.4 is 5.73 Å². The minimum Gasteiger partial charge on any atom is -0.468 e. The molecule has 5 nitrogen and oxygen atoms in total. The number of hydrogen-bond donors (Lipinski definition) is 1. The van der Waals surface area contributed by atoms with Crippen molar-refractivity contribution in [2.45, 2.75) is 51.3 Å². The Labute approximate surface area is 110 Å². The summed E-state index contributed by atoms with van der Waals surface area (Å²) in [7, 11) is 1.37. The Morgan fingerprint density at radius 2 is 2.33 bits per heavy atom. The number of nitrogens with two attached hydrogens (primary N) is 1. The van der Waals surface area contributed by atoms with Crippen molar-refractivity contribution in [2.75, 3.05) is 26.8 Å². The molecule has 0 aromatic heterocycles. The lowest BCUT2D eigenvalue weighted by Gasteiger charge is -2.38. The van der Waals surface area contributed by atoms with Gasteiger partial charge in [0.05, 0.1) is 19.8 Å². The van der Waals surface area contributed by atoms with Gasteiger partial charge in [0.15, 0.2) is 0 Å². The van der Waals surface area contributed by atoms with Crippen LogP contribution in [0.2, 0.25) is 0 Å². The van der Waals surface area contributed by atoms with Gasteiger partial charge in [-0.1, -0.05) is 6.92 Å². The highest BCUT2D eigenvalue weighted by Crippen LogP contribution is 2.18. The van der Waals surface area contributed by atoms with Crippen molar-refractivity contribution in [3.63, 3.8) is 0 Å². The van der Waals surface area contributed by atoms with Crippen LogP contribution in [0.25, 0.3) is 0 Å². The van der Waals surface area contributed by atoms with Gasteiger partial charge >= 0.3 is 5.97 Å². The van der Waals surface area contributed by atoms with Crippen LogP contribution in [0.5, 0.6) is 0 Å². The number of methoxy groups -OCH3 is 1. The van der Waals surface area contributed by atoms with Crippen molar-refractivity contribution in [2.24, 2.45) is 5.73 Å². The summed E-state index contributed by atoms with van der Waals surface area (Å²) in [5, 5.41) is 0. The first-order chi connectivity index (χ1) is 8.40. The molecule has 5 heteroatoms. The van der Waals surface area contributed by atoms with Crippen LogP contribution in [0.15, 0.2) is 0 Å². The number of esters is 1. The predicted octanol–water partition coefficient (Wildman–Crippen LogP) is 0.766. The summed E-state index contributed by atoms with van der Waals surface area (Å²) in [5.41, 5.74) is 5.09. The third-order valence-corrected chi connectivity index (χ3v) is 3.62. The number of carbonyl (C=O) groups excluding carboxylic acids is 1. The average Bonchev–Trinajstić information content (AvgIpc) is 2.37. The number of ether oxygens (including phenoxy) is 2. The molecule has 0 aromatic carbocycles. The standard InChI is InChI=1S/C13H26N2O3/c1-5-11-9-15(6-7-18-11)10(2)8-13(3,14)12(16)17-4/h10-11H,5-9,14H2,1-4H3. The summed E-state index contributed by atoms with van der Waals surface area (Å²) in [6.07, 6.45) is 1.90. The molecule has 3 unspecified atom stereocenters. The van der Waals surface area contributed by atoms with Gasteiger partial charge in [0.1, 0.15) is 5.54 Å². The first kappa shape index (κ1) is 15.4. The van der Waals surface area contributed by atoms with Crippen LogP contribution in [0.4, 0.5) is 0 Å². The summed E-state index contributed by atoms with van der Waals surface area (Å²) in [6.45, 7) is 8.52. The van der Waals surface area contributed by atoms with Gasteiger partial charge in [-0.15, -0.1) is 0 Å². The number of morpholine rings is 1. The molecule has 0 radical (unpaired) electrons. The first-order valence-corrected chi connectivity index (χ1v) is 6.63. The molecular formula is C13H26N2O3. The zero-order chi connectivity index (χ0) is 13.8. The topological polar surface area (TPSA) is 64.8 Å². The van der Waals surface area contributed by atoms with E-state index < -0.39 is 5.54 Å². The lowest BCUT2D eigenvalue weighted by atomic mass is 9.93. The maximum absolute atomic E-state index is 11.6. The Morgan fingerprint density at radius 3 is 2.89 bits per heavy atom. The van der Waals surface area contributed by atoms with Gasteiger partial charge in [0, 0.05) is 19.1 Å². The zero-order valence-corrected chi connectivity index (χ0v) is 11.9. The zero-order valence-electron chi connectivity index (χ0n) is 11.9. The van der Waals surface area contributed by atoms with Crippen molar-refractivity contribution in [1.29, 1.82) is 0 Å². The first-order valence-electron chi connectivity index (χ1n) is 6.63. The molecule has 1 heterocycles. The second-order valence-corrected chi connectivity index (χ2v) is 5.36. The van der Waals surface area contributed by atoms with Gasteiger partial charge in [-0.2, -0.15) is 0 Å². The Kier molecular flexibility index (Phi) is 5.56. The highest BCUT2D eigenvalue weighted by Gasteiger charge is 2.34. The molecule has 0 saturated carbocycles. The fraction of sp³-hybridized carbons (Fsp3) is 0.923. The highest BCUT2D eigenvalue weighted by molar-refractivity contribution is 5.79. The van der Waals surface area contributed by atoms with E-state index in [1.165, 1.54) is 7.11 Å². The fourth-order valence-electron chi connectivity index (χ4n) is 2.45. The highest BCUT2D eigenvalue weighted by atomic mass is 16.5. The lowest BCUT2D eigenvalue weighted by molar-refractivity contribution is -0.147. The van der Waals surface area contributed by atoms with Crippen LogP contribution in [0, 0.1) is 0 Å². The maximum Gasteiger partial charge on any atom is 0.325 e. The molecular weight excluding hydrogens is 232 g/mol. The Balaban J connectivity index is 2.54. The summed E-state index contributed by atoms with van der Waals surface area (Å²) in [4.78, 5) is 13.9. The van der Waals surface area contributed by atoms with Gasteiger partial charge in [-0.25, -0.2) is 0 Å². The van der Waals surface area contributed by atoms with E-state index in [-0.39, 0.29) is 12.0 Å². The summed E-state index contributed by atoms with van der Waals surface area (Å²) in [5.74, 6) is -0.352. The van der Waals surface area contributed by atoms with E-state index >= 15 is 0 Å². The van der Waals surface area contributed by atoms with Gasteiger partial charge in [0.25, 0.3) is 0 Å². The average molecular weight is 258 g/mol. The van der Waals surface area contributed by atoms with E-state index in [4.69, 9.17) is 15.2 Å². The largest absolute Gasteiger partial charge is 0.468 e. The van der Waals surface area contributed by atoms with Crippen molar-refractivity contribution < 1.29 is 14.3 Å². The Hall–Kier alpha value is -0.650. The van der Waals surface area contributed by atoms with E-state index in [9.17, 15) is 4.79 Å². The summed E-state index contributed by atoms with van der Waals surface area (Å²) >= 11 is 0. The molecule has 1 aliphatic heterocycles. The van der Waals surface area contributed by atoms with Crippen molar-refractivity contribution >= 4 is 5.97 Å². The molecule has 18 heavy (non-hydrogen) atoms. The SMILES string of the molecule is CCC1CN(C(C)CC(C)(N)C(=O)OC)CCO1. The summed E-state index contributed by atoms with van der Waals surface area (Å²) < 4.78 is 10.4. The quantitative estimate of drug-likeness (QED) is 0.738. The van der Waals surface area contributed by atoms with E-state index in [0.29, 0.717) is 12.5 Å². The smallest absolute Gasteiger partial charge is 0.325 e. The number of rotatable bonds is 5. The second-order valence-electron chi connectivity index (χ2n) is 5.36. The minimum absolute atomic E-state index is 0.247. The van der Waals surface area contributed by atoms with Crippen LogP contribution in [-0.4, -0.2) is 55.4 Å². The van der Waals surface area contributed by atoms with E-state index in [1.54, 1.807) is 6.92 Å². The number of hydrogen-bond acceptors (Lipinski definition) is 5. The molecule has 0 bridgehead atoms. The second kappa shape index (κ2) is 6.50. The molecule has 1 rings (SSSR count). The molecule has 1 saturated heterocycles. The van der Waals surface area contributed by atoms with Crippen LogP contribution in [0.1, 0.15) is 33.6 Å². The van der Waals surface area contributed by atoms with Crippen molar-refractivity contribution in [3.05, 3.63) is 0 Å². The maximum atomic E-state index is 11.6. The molecule has 106 valence electrons. The Bertz CT molecular complexity index is 281. The van der Waals surface area contributed by atoms with Crippen LogP contribution in [-0.2, 0) is 14.3 Å². The fourth-order valence-corrected chi connectivity index (χ4v) is 2.45. The molecule has 3 atom stereocenters. The molecule has 0 amide bonds. The number of carbonyl (C=O) groups is 1. The van der Waals surface area contributed by atoms with Crippen LogP contribution >= 0.6 is 0 Å². The molecule has 0 aliphatic carbocycles. The molecule has 1 aliphatic rings. The molecule has 0 spiro atoms. The normalized spacial score (nSPS) is 26.4. The third kappa shape index (κ3) is 3.93. The third-order valence-electron chi connectivity index (χ3n) is 3.62. The summed E-state index contributed by atoms with van der Waals surface area (Å²) in [6, 6.07) is 0.247. The van der Waals surface area contributed by atoms with Crippen LogP contribution in [0.3, 0.4) is 0 Å². The van der Waals surface area contributed by atoms with Gasteiger partial charge in [-0.3, -0.25) is 9.69 Å². The van der Waals surface area contributed by atoms with Gasteiger partial charge in [-0.05, 0) is 26.7 Å². The van der Waals surface area contributed by atoms with E-state index in [2.05, 4.69) is 18.7 Å². The lowest BCUT2D eigenvalue weighted by Crippen LogP contribution is -2.53. The van der Waals surface area contributed by atoms with E-state index in [0.717, 1.165) is 26.1 Å². The minimum atomic E-state index is -0.922. The predicted molar refractivity (Wildman–Crippen MR) is 70.3 cm³/mol. The number of nitrogens with zero attached hydrogens (tertiary/aromatic N) is 1. The van der Waals surface area contributed by atoms with E-state index in [1.807, 2.05) is 0 Å².